The molecule has 3 rings (SSSR count). The van der Waals surface area contributed by atoms with Gasteiger partial charge < -0.3 is 9.16 Å². The zero-order valence-electron chi connectivity index (χ0n) is 18.8. The number of ether oxygens (including phenoxy) is 1. The molecule has 0 N–H and O–H groups in total. The van der Waals surface area contributed by atoms with Crippen molar-refractivity contribution in [2.24, 2.45) is 0 Å². The number of fused-ring (bicyclic) bond motifs is 1. The van der Waals surface area contributed by atoms with Gasteiger partial charge in [0.1, 0.15) is 5.60 Å². The molecule has 0 saturated heterocycles. The topological polar surface area (TPSA) is 18.5 Å². The zero-order chi connectivity index (χ0) is 21.4. The van der Waals surface area contributed by atoms with Gasteiger partial charge in [0.05, 0.1) is 13.2 Å². The second kappa shape index (κ2) is 8.84. The average molecular weight is 451 g/mol. The molecule has 0 aliphatic carbocycles. The predicted molar refractivity (Wildman–Crippen MR) is 128 cm³/mol. The van der Waals surface area contributed by atoms with Crippen LogP contribution in [0.15, 0.2) is 29.6 Å². The Balaban J connectivity index is 1.86. The summed E-state index contributed by atoms with van der Waals surface area (Å²) in [7, 11) is -1.87. The molecule has 0 bridgehead atoms. The molecule has 0 spiro atoms. The van der Waals surface area contributed by atoms with Crippen molar-refractivity contribution in [3.8, 4) is 0 Å². The van der Waals surface area contributed by atoms with Gasteiger partial charge in [-0.15, -0.1) is 11.3 Å². The molecular formula is C24H35ClO2SSi. The summed E-state index contributed by atoms with van der Waals surface area (Å²) in [5.41, 5.74) is 5.06. The molecule has 29 heavy (non-hydrogen) atoms. The Kier molecular flexibility index (Phi) is 7.01. The first kappa shape index (κ1) is 23.0. The second-order valence-electron chi connectivity index (χ2n) is 9.34. The van der Waals surface area contributed by atoms with Crippen LogP contribution in [0.1, 0.15) is 70.0 Å². The Bertz CT molecular complexity index is 823. The summed E-state index contributed by atoms with van der Waals surface area (Å²) >= 11 is 8.10. The van der Waals surface area contributed by atoms with E-state index in [2.05, 4.69) is 72.0 Å². The van der Waals surface area contributed by atoms with Gasteiger partial charge in [-0.05, 0) is 70.2 Å². The van der Waals surface area contributed by atoms with Gasteiger partial charge in [-0.3, -0.25) is 0 Å². The second-order valence-corrected chi connectivity index (χ2v) is 16.2. The van der Waals surface area contributed by atoms with Gasteiger partial charge in [0.25, 0.3) is 0 Å². The smallest absolute Gasteiger partial charge is 0.200 e. The van der Waals surface area contributed by atoms with E-state index in [9.17, 15) is 0 Å². The maximum atomic E-state index is 6.81. The van der Waals surface area contributed by atoms with Gasteiger partial charge in [0.2, 0.25) is 8.32 Å². The standard InChI is InChI=1S/C24H35ClO2SSi/c1-16(2)29(17(3)4,18(5)6)27-14-22-12-20(15-28-22)24(7)23-13-21(25)9-8-19(23)10-11-26-24/h8-9,12-13,15-18H,10-11,14H2,1-7H3. The van der Waals surface area contributed by atoms with Crippen molar-refractivity contribution in [1.29, 1.82) is 0 Å². The molecular weight excluding hydrogens is 416 g/mol. The quantitative estimate of drug-likeness (QED) is 0.398. The monoisotopic (exact) mass is 450 g/mol. The molecule has 2 aromatic rings. The molecule has 0 amide bonds. The number of rotatable bonds is 7. The SMILES string of the molecule is CC(C)[Si](OCc1cc(C2(C)OCCc3ccc(Cl)cc32)cs1)(C(C)C)C(C)C. The van der Waals surface area contributed by atoms with E-state index in [-0.39, 0.29) is 0 Å². The van der Waals surface area contributed by atoms with E-state index >= 15 is 0 Å². The van der Waals surface area contributed by atoms with Crippen molar-refractivity contribution < 1.29 is 9.16 Å². The average Bonchev–Trinajstić information content (AvgIpc) is 3.12. The van der Waals surface area contributed by atoms with Gasteiger partial charge in [0.15, 0.2) is 0 Å². The van der Waals surface area contributed by atoms with Crippen LogP contribution in [0, 0.1) is 0 Å². The summed E-state index contributed by atoms with van der Waals surface area (Å²) in [5.74, 6) is 0. The number of hydrogen-bond donors (Lipinski definition) is 0. The summed E-state index contributed by atoms with van der Waals surface area (Å²) in [5, 5.41) is 3.00. The van der Waals surface area contributed by atoms with Gasteiger partial charge in [0, 0.05) is 9.90 Å². The summed E-state index contributed by atoms with van der Waals surface area (Å²) < 4.78 is 13.1. The molecule has 2 nitrogen and oxygen atoms in total. The maximum Gasteiger partial charge on any atom is 0.200 e. The van der Waals surface area contributed by atoms with E-state index in [1.807, 2.05) is 6.07 Å². The van der Waals surface area contributed by atoms with Crippen molar-refractivity contribution in [1.82, 2.24) is 0 Å². The summed E-state index contributed by atoms with van der Waals surface area (Å²) in [6, 6.07) is 8.47. The Hall–Kier alpha value is -0.653. The lowest BCUT2D eigenvalue weighted by Gasteiger charge is -2.42. The molecule has 160 valence electrons. The maximum absolute atomic E-state index is 6.81. The Labute approximate surface area is 186 Å². The Morgan fingerprint density at radius 2 is 1.76 bits per heavy atom. The lowest BCUT2D eigenvalue weighted by atomic mass is 9.83. The van der Waals surface area contributed by atoms with Crippen LogP contribution in [-0.4, -0.2) is 14.9 Å². The van der Waals surface area contributed by atoms with E-state index in [0.29, 0.717) is 23.2 Å². The first-order valence-electron chi connectivity index (χ1n) is 10.8. The molecule has 2 heterocycles. The van der Waals surface area contributed by atoms with E-state index < -0.39 is 13.9 Å². The van der Waals surface area contributed by atoms with Crippen molar-refractivity contribution in [2.75, 3.05) is 6.61 Å². The van der Waals surface area contributed by atoms with Crippen LogP contribution < -0.4 is 0 Å². The Morgan fingerprint density at radius 1 is 1.10 bits per heavy atom. The lowest BCUT2D eigenvalue weighted by molar-refractivity contribution is -0.0139. The number of thiophene rings is 1. The third kappa shape index (κ3) is 4.24. The minimum absolute atomic E-state index is 0.449. The third-order valence-corrected chi connectivity index (χ3v) is 13.9. The van der Waals surface area contributed by atoms with Crippen LogP contribution in [0.5, 0.6) is 0 Å². The Morgan fingerprint density at radius 3 is 2.38 bits per heavy atom. The van der Waals surface area contributed by atoms with Crippen molar-refractivity contribution in [2.45, 2.75) is 83.7 Å². The fraction of sp³-hybridized carbons (Fsp3) is 0.583. The molecule has 1 aliphatic heterocycles. The van der Waals surface area contributed by atoms with Gasteiger partial charge >= 0.3 is 0 Å². The summed E-state index contributed by atoms with van der Waals surface area (Å²) in [6.07, 6.45) is 0.938. The predicted octanol–water partition coefficient (Wildman–Crippen LogP) is 7.93. The van der Waals surface area contributed by atoms with Crippen LogP contribution in [0.25, 0.3) is 0 Å². The number of hydrogen-bond acceptors (Lipinski definition) is 3. The van der Waals surface area contributed by atoms with Crippen LogP contribution in [0.3, 0.4) is 0 Å². The minimum Gasteiger partial charge on any atom is -0.411 e. The fourth-order valence-electron chi connectivity index (χ4n) is 5.30. The number of benzene rings is 1. The first-order chi connectivity index (χ1) is 13.6. The van der Waals surface area contributed by atoms with E-state index in [4.69, 9.17) is 20.8 Å². The minimum atomic E-state index is -1.87. The number of halogens is 1. The summed E-state index contributed by atoms with van der Waals surface area (Å²) in [4.78, 5) is 1.28. The summed E-state index contributed by atoms with van der Waals surface area (Å²) in [6.45, 7) is 17.6. The van der Waals surface area contributed by atoms with E-state index in [0.717, 1.165) is 18.1 Å². The van der Waals surface area contributed by atoms with Crippen molar-refractivity contribution in [3.05, 3.63) is 56.2 Å². The molecule has 0 radical (unpaired) electrons. The molecule has 1 aromatic heterocycles. The molecule has 0 saturated carbocycles. The van der Waals surface area contributed by atoms with Crippen molar-refractivity contribution in [3.63, 3.8) is 0 Å². The normalized spacial score (nSPS) is 20.0. The van der Waals surface area contributed by atoms with E-state index in [1.165, 1.54) is 21.6 Å². The molecule has 5 heteroatoms. The molecule has 1 atom stereocenters. The molecule has 1 aromatic carbocycles. The van der Waals surface area contributed by atoms with Crippen LogP contribution in [0.4, 0.5) is 0 Å². The zero-order valence-corrected chi connectivity index (χ0v) is 21.4. The lowest BCUT2D eigenvalue weighted by Crippen LogP contribution is -2.47. The highest BCUT2D eigenvalue weighted by Crippen LogP contribution is 2.44. The highest BCUT2D eigenvalue weighted by atomic mass is 35.5. The molecule has 1 unspecified atom stereocenters. The van der Waals surface area contributed by atoms with Crippen molar-refractivity contribution >= 4 is 31.3 Å². The van der Waals surface area contributed by atoms with Crippen LogP contribution >= 0.6 is 22.9 Å². The fourth-order valence-corrected chi connectivity index (χ4v) is 11.9. The van der Waals surface area contributed by atoms with Gasteiger partial charge in [-0.25, -0.2) is 0 Å². The van der Waals surface area contributed by atoms with Crippen LogP contribution in [-0.2, 0) is 27.8 Å². The van der Waals surface area contributed by atoms with Gasteiger partial charge in [-0.1, -0.05) is 59.2 Å². The van der Waals surface area contributed by atoms with Crippen LogP contribution in [0.2, 0.25) is 21.6 Å². The highest BCUT2D eigenvalue weighted by Gasteiger charge is 2.45. The third-order valence-electron chi connectivity index (χ3n) is 6.72. The first-order valence-corrected chi connectivity index (χ1v) is 14.2. The van der Waals surface area contributed by atoms with E-state index in [1.54, 1.807) is 11.3 Å². The van der Waals surface area contributed by atoms with Gasteiger partial charge in [-0.2, -0.15) is 0 Å². The molecule has 0 fully saturated rings. The largest absolute Gasteiger partial charge is 0.411 e. The molecule has 1 aliphatic rings. The highest BCUT2D eigenvalue weighted by molar-refractivity contribution is 7.10.